The van der Waals surface area contributed by atoms with Crippen molar-refractivity contribution < 1.29 is 0 Å². The lowest BCUT2D eigenvalue weighted by Crippen LogP contribution is -2.24. The second-order valence-electron chi connectivity index (χ2n) is 4.98. The average molecular weight is 252 g/mol. The lowest BCUT2D eigenvalue weighted by Gasteiger charge is -2.25. The molecule has 0 spiro atoms. The van der Waals surface area contributed by atoms with Gasteiger partial charge in [-0.2, -0.15) is 0 Å². The Bertz CT molecular complexity index is 545. The molecule has 19 heavy (non-hydrogen) atoms. The molecular formula is C17H20N2. The molecule has 98 valence electrons. The van der Waals surface area contributed by atoms with Gasteiger partial charge in [0.05, 0.1) is 0 Å². The van der Waals surface area contributed by atoms with Gasteiger partial charge in [0.1, 0.15) is 0 Å². The van der Waals surface area contributed by atoms with E-state index in [0.717, 1.165) is 26.1 Å². The SMILES string of the molecule is CCc1ccc(N2CCNCc3ccccc32)cc1. The first-order valence-corrected chi connectivity index (χ1v) is 7.03. The molecule has 0 aromatic heterocycles. The van der Waals surface area contributed by atoms with Crippen molar-refractivity contribution in [3.63, 3.8) is 0 Å². The number of rotatable bonds is 2. The molecule has 1 aliphatic heterocycles. The molecule has 2 nitrogen and oxygen atoms in total. The lowest BCUT2D eigenvalue weighted by molar-refractivity contribution is 0.712. The molecule has 0 amide bonds. The van der Waals surface area contributed by atoms with Crippen molar-refractivity contribution in [1.82, 2.24) is 5.32 Å². The van der Waals surface area contributed by atoms with Gasteiger partial charge in [-0.3, -0.25) is 0 Å². The highest BCUT2D eigenvalue weighted by molar-refractivity contribution is 5.67. The molecule has 2 aromatic carbocycles. The number of nitrogens with one attached hydrogen (secondary N) is 1. The van der Waals surface area contributed by atoms with Crippen LogP contribution in [0.5, 0.6) is 0 Å². The number of anilines is 2. The van der Waals surface area contributed by atoms with Crippen molar-refractivity contribution in [3.8, 4) is 0 Å². The first kappa shape index (κ1) is 12.2. The van der Waals surface area contributed by atoms with E-state index in [1.807, 2.05) is 0 Å². The van der Waals surface area contributed by atoms with E-state index in [9.17, 15) is 0 Å². The molecule has 1 N–H and O–H groups in total. The predicted molar refractivity (Wildman–Crippen MR) is 81.0 cm³/mol. The van der Waals surface area contributed by atoms with Gasteiger partial charge in [0, 0.05) is 31.0 Å². The maximum Gasteiger partial charge on any atom is 0.0456 e. The zero-order valence-corrected chi connectivity index (χ0v) is 11.4. The minimum absolute atomic E-state index is 0.958. The van der Waals surface area contributed by atoms with Crippen molar-refractivity contribution >= 4 is 11.4 Å². The van der Waals surface area contributed by atoms with Crippen LogP contribution in [0, 0.1) is 0 Å². The van der Waals surface area contributed by atoms with Crippen molar-refractivity contribution in [2.45, 2.75) is 19.9 Å². The van der Waals surface area contributed by atoms with E-state index in [4.69, 9.17) is 0 Å². The number of nitrogens with zero attached hydrogens (tertiary/aromatic N) is 1. The highest BCUT2D eigenvalue weighted by Gasteiger charge is 2.15. The molecule has 1 aliphatic rings. The Kier molecular flexibility index (Phi) is 3.51. The van der Waals surface area contributed by atoms with Crippen LogP contribution in [0.2, 0.25) is 0 Å². The largest absolute Gasteiger partial charge is 0.340 e. The van der Waals surface area contributed by atoms with Gasteiger partial charge in [-0.1, -0.05) is 37.3 Å². The number of para-hydroxylation sites is 1. The van der Waals surface area contributed by atoms with Gasteiger partial charge < -0.3 is 10.2 Å². The molecule has 0 fully saturated rings. The zero-order chi connectivity index (χ0) is 13.1. The van der Waals surface area contributed by atoms with Gasteiger partial charge in [-0.25, -0.2) is 0 Å². The molecule has 1 heterocycles. The van der Waals surface area contributed by atoms with E-state index in [0.29, 0.717) is 0 Å². The van der Waals surface area contributed by atoms with Crippen LogP contribution in [0.1, 0.15) is 18.1 Å². The fourth-order valence-corrected chi connectivity index (χ4v) is 2.64. The summed E-state index contributed by atoms with van der Waals surface area (Å²) in [4.78, 5) is 2.41. The number of fused-ring (bicyclic) bond motifs is 1. The van der Waals surface area contributed by atoms with Crippen molar-refractivity contribution in [2.24, 2.45) is 0 Å². The second-order valence-corrected chi connectivity index (χ2v) is 4.98. The minimum atomic E-state index is 0.958. The molecule has 0 radical (unpaired) electrons. The Labute approximate surface area is 115 Å². The third kappa shape index (κ3) is 2.49. The molecule has 0 saturated carbocycles. The Morgan fingerprint density at radius 2 is 1.84 bits per heavy atom. The minimum Gasteiger partial charge on any atom is -0.340 e. The Morgan fingerprint density at radius 3 is 2.63 bits per heavy atom. The van der Waals surface area contributed by atoms with Crippen LogP contribution in [-0.4, -0.2) is 13.1 Å². The number of benzene rings is 2. The van der Waals surface area contributed by atoms with Crippen LogP contribution >= 0.6 is 0 Å². The monoisotopic (exact) mass is 252 g/mol. The normalized spacial score (nSPS) is 14.9. The van der Waals surface area contributed by atoms with Crippen LogP contribution in [0.15, 0.2) is 48.5 Å². The molecule has 0 aliphatic carbocycles. The summed E-state index contributed by atoms with van der Waals surface area (Å²) < 4.78 is 0. The quantitative estimate of drug-likeness (QED) is 0.880. The number of aryl methyl sites for hydroxylation is 1. The van der Waals surface area contributed by atoms with Crippen molar-refractivity contribution in [3.05, 3.63) is 59.7 Å². The number of hydrogen-bond donors (Lipinski definition) is 1. The van der Waals surface area contributed by atoms with Crippen LogP contribution in [-0.2, 0) is 13.0 Å². The zero-order valence-electron chi connectivity index (χ0n) is 11.4. The number of hydrogen-bond acceptors (Lipinski definition) is 2. The van der Waals surface area contributed by atoms with E-state index >= 15 is 0 Å². The van der Waals surface area contributed by atoms with E-state index in [1.54, 1.807) is 0 Å². The highest BCUT2D eigenvalue weighted by Crippen LogP contribution is 2.29. The third-order valence-corrected chi connectivity index (χ3v) is 3.77. The van der Waals surface area contributed by atoms with E-state index in [2.05, 4.69) is 65.7 Å². The Balaban J connectivity index is 1.99. The maximum atomic E-state index is 3.48. The van der Waals surface area contributed by atoms with E-state index < -0.39 is 0 Å². The topological polar surface area (TPSA) is 15.3 Å². The van der Waals surface area contributed by atoms with Gasteiger partial charge in [-0.05, 0) is 35.7 Å². The van der Waals surface area contributed by atoms with Crippen LogP contribution in [0.3, 0.4) is 0 Å². The standard InChI is InChI=1S/C17H20N2/c1-2-14-7-9-16(10-8-14)19-12-11-18-13-15-5-3-4-6-17(15)19/h3-10,18H,2,11-13H2,1H3. The van der Waals surface area contributed by atoms with E-state index in [1.165, 1.54) is 22.5 Å². The molecule has 3 rings (SSSR count). The molecule has 2 heteroatoms. The summed E-state index contributed by atoms with van der Waals surface area (Å²) in [6.07, 6.45) is 1.10. The third-order valence-electron chi connectivity index (χ3n) is 3.77. The summed E-state index contributed by atoms with van der Waals surface area (Å²) >= 11 is 0. The average Bonchev–Trinajstić information content (AvgIpc) is 2.70. The van der Waals surface area contributed by atoms with Gasteiger partial charge in [0.2, 0.25) is 0 Å². The summed E-state index contributed by atoms with van der Waals surface area (Å²) in [5, 5.41) is 3.48. The highest BCUT2D eigenvalue weighted by atomic mass is 15.2. The fourth-order valence-electron chi connectivity index (χ4n) is 2.64. The van der Waals surface area contributed by atoms with Crippen molar-refractivity contribution in [2.75, 3.05) is 18.0 Å². The Hall–Kier alpha value is -1.80. The summed E-state index contributed by atoms with van der Waals surface area (Å²) in [6, 6.07) is 17.6. The molecule has 0 unspecified atom stereocenters. The van der Waals surface area contributed by atoms with Gasteiger partial charge in [0.15, 0.2) is 0 Å². The molecular weight excluding hydrogens is 232 g/mol. The van der Waals surface area contributed by atoms with E-state index in [-0.39, 0.29) is 0 Å². The maximum absolute atomic E-state index is 3.48. The summed E-state index contributed by atoms with van der Waals surface area (Å²) in [5.74, 6) is 0. The molecule has 0 saturated heterocycles. The van der Waals surface area contributed by atoms with Crippen LogP contribution < -0.4 is 10.2 Å². The first-order valence-electron chi connectivity index (χ1n) is 7.03. The van der Waals surface area contributed by atoms with Gasteiger partial charge in [-0.15, -0.1) is 0 Å². The van der Waals surface area contributed by atoms with Crippen LogP contribution in [0.4, 0.5) is 11.4 Å². The van der Waals surface area contributed by atoms with Gasteiger partial charge >= 0.3 is 0 Å². The summed E-state index contributed by atoms with van der Waals surface area (Å²) in [5.41, 5.74) is 5.38. The second kappa shape index (κ2) is 5.45. The smallest absolute Gasteiger partial charge is 0.0456 e. The summed E-state index contributed by atoms with van der Waals surface area (Å²) in [7, 11) is 0. The fraction of sp³-hybridized carbons (Fsp3) is 0.294. The van der Waals surface area contributed by atoms with Crippen LogP contribution in [0.25, 0.3) is 0 Å². The lowest BCUT2D eigenvalue weighted by atomic mass is 10.1. The molecule has 0 bridgehead atoms. The Morgan fingerprint density at radius 1 is 1.05 bits per heavy atom. The molecule has 0 atom stereocenters. The van der Waals surface area contributed by atoms with Crippen molar-refractivity contribution in [1.29, 1.82) is 0 Å². The van der Waals surface area contributed by atoms with Gasteiger partial charge in [0.25, 0.3) is 0 Å². The first-order chi connectivity index (χ1) is 9.38. The molecule has 2 aromatic rings. The predicted octanol–water partition coefficient (Wildman–Crippen LogP) is 3.49. The summed E-state index contributed by atoms with van der Waals surface area (Å²) in [6.45, 7) is 5.19.